The largest absolute Gasteiger partial charge is 0.311 e. The summed E-state index contributed by atoms with van der Waals surface area (Å²) >= 11 is 0. The predicted molar refractivity (Wildman–Crippen MR) is 142 cm³/mol. The maximum Gasteiger partial charge on any atom is 0.0103 e. The summed E-state index contributed by atoms with van der Waals surface area (Å²) in [6, 6.07) is 1.33. The van der Waals surface area contributed by atoms with Crippen LogP contribution in [0.3, 0.4) is 0 Å². The van der Waals surface area contributed by atoms with Crippen LogP contribution < -0.4 is 5.32 Å². The molecule has 2 rings (SSSR count). The molecule has 3 nitrogen and oxygen atoms in total. The van der Waals surface area contributed by atoms with Gasteiger partial charge in [0.25, 0.3) is 0 Å². The Balaban J connectivity index is 1.84. The molecular weight excluding hydrogens is 390 g/mol. The Hall–Kier alpha value is -0.120. The first-order valence-electron chi connectivity index (χ1n) is 14.6. The molecule has 0 aliphatic carbocycles. The van der Waals surface area contributed by atoms with Gasteiger partial charge in [0.1, 0.15) is 0 Å². The van der Waals surface area contributed by atoms with Gasteiger partial charge in [-0.15, -0.1) is 0 Å². The molecular formula is C29H59N3. The van der Waals surface area contributed by atoms with Crippen LogP contribution in [0.2, 0.25) is 0 Å². The molecule has 2 aliphatic rings. The van der Waals surface area contributed by atoms with E-state index in [1.54, 1.807) is 0 Å². The first-order valence-corrected chi connectivity index (χ1v) is 14.6. The highest BCUT2D eigenvalue weighted by Gasteiger charge is 2.37. The van der Waals surface area contributed by atoms with Gasteiger partial charge >= 0.3 is 0 Å². The van der Waals surface area contributed by atoms with Gasteiger partial charge < -0.3 is 15.1 Å². The van der Waals surface area contributed by atoms with Gasteiger partial charge in [-0.25, -0.2) is 0 Å². The average molecular weight is 450 g/mol. The average Bonchev–Trinajstić information content (AvgIpc) is 2.77. The van der Waals surface area contributed by atoms with Crippen LogP contribution in [0.15, 0.2) is 0 Å². The van der Waals surface area contributed by atoms with E-state index in [2.05, 4.69) is 50.0 Å². The van der Waals surface area contributed by atoms with Crippen LogP contribution >= 0.6 is 0 Å². The van der Waals surface area contributed by atoms with Crippen molar-refractivity contribution in [2.24, 2.45) is 17.8 Å². The second-order valence-corrected chi connectivity index (χ2v) is 11.8. The minimum absolute atomic E-state index is 0.600. The number of piperidine rings is 2. The van der Waals surface area contributed by atoms with E-state index in [0.29, 0.717) is 6.04 Å². The molecule has 2 heterocycles. The summed E-state index contributed by atoms with van der Waals surface area (Å²) in [6.45, 7) is 12.3. The van der Waals surface area contributed by atoms with E-state index in [-0.39, 0.29) is 0 Å². The molecule has 0 saturated carbocycles. The molecule has 3 heteroatoms. The minimum Gasteiger partial charge on any atom is -0.311 e. The Labute approximate surface area is 202 Å². The Kier molecular flexibility index (Phi) is 14.5. The molecule has 0 spiro atoms. The molecule has 0 bridgehead atoms. The van der Waals surface area contributed by atoms with E-state index in [9.17, 15) is 0 Å². The van der Waals surface area contributed by atoms with E-state index < -0.39 is 0 Å². The highest BCUT2D eigenvalue weighted by atomic mass is 15.1. The molecule has 190 valence electrons. The van der Waals surface area contributed by atoms with Crippen LogP contribution in [-0.4, -0.2) is 62.2 Å². The van der Waals surface area contributed by atoms with Crippen molar-refractivity contribution in [2.45, 2.75) is 129 Å². The van der Waals surface area contributed by atoms with Crippen LogP contribution in [0.4, 0.5) is 0 Å². The highest BCUT2D eigenvalue weighted by molar-refractivity contribution is 4.91. The maximum atomic E-state index is 4.10. The highest BCUT2D eigenvalue weighted by Crippen LogP contribution is 2.39. The summed E-state index contributed by atoms with van der Waals surface area (Å²) in [6.07, 6.45) is 21.5. The summed E-state index contributed by atoms with van der Waals surface area (Å²) in [7, 11) is 4.63. The van der Waals surface area contributed by atoms with Gasteiger partial charge in [-0.2, -0.15) is 0 Å². The first-order chi connectivity index (χ1) is 15.5. The first kappa shape index (κ1) is 28.1. The van der Waals surface area contributed by atoms with Crippen LogP contribution in [0.1, 0.15) is 117 Å². The van der Waals surface area contributed by atoms with Crippen molar-refractivity contribution < 1.29 is 0 Å². The Bertz CT molecular complexity index is 414. The number of nitrogens with zero attached hydrogens (tertiary/aromatic N) is 2. The van der Waals surface area contributed by atoms with Crippen LogP contribution in [0.25, 0.3) is 0 Å². The lowest BCUT2D eigenvalue weighted by Crippen LogP contribution is -2.50. The molecule has 0 aromatic heterocycles. The standard InChI is InChI=1S/C29H59N3/c1-6-7-8-9-10-11-12-13-14-15-16-28(30-25(2)3)29(26-17-21-31(4)22-18-26)27-19-23-32(5)24-20-27/h25-30H,6-24H2,1-5H3. The van der Waals surface area contributed by atoms with Crippen molar-refractivity contribution in [1.29, 1.82) is 0 Å². The number of hydrogen-bond acceptors (Lipinski definition) is 3. The van der Waals surface area contributed by atoms with Crippen LogP contribution in [0, 0.1) is 17.8 Å². The molecule has 0 radical (unpaired) electrons. The lowest BCUT2D eigenvalue weighted by atomic mass is 9.68. The zero-order valence-electron chi connectivity index (χ0n) is 22.7. The maximum absolute atomic E-state index is 4.10. The summed E-state index contributed by atoms with van der Waals surface area (Å²) in [4.78, 5) is 5.10. The van der Waals surface area contributed by atoms with E-state index in [0.717, 1.165) is 23.8 Å². The van der Waals surface area contributed by atoms with E-state index in [1.807, 2.05) is 0 Å². The smallest absolute Gasteiger partial charge is 0.0103 e. The van der Waals surface area contributed by atoms with Crippen molar-refractivity contribution in [3.8, 4) is 0 Å². The van der Waals surface area contributed by atoms with Crippen molar-refractivity contribution in [3.05, 3.63) is 0 Å². The van der Waals surface area contributed by atoms with Crippen LogP contribution in [0.5, 0.6) is 0 Å². The molecule has 32 heavy (non-hydrogen) atoms. The molecule has 1 unspecified atom stereocenters. The van der Waals surface area contributed by atoms with Gasteiger partial charge in [-0.3, -0.25) is 0 Å². The third-order valence-electron chi connectivity index (χ3n) is 8.50. The van der Waals surface area contributed by atoms with Gasteiger partial charge in [0.15, 0.2) is 0 Å². The summed E-state index contributed by atoms with van der Waals surface area (Å²) in [5, 5.41) is 4.10. The van der Waals surface area contributed by atoms with Crippen molar-refractivity contribution in [3.63, 3.8) is 0 Å². The quantitative estimate of drug-likeness (QED) is 0.257. The Morgan fingerprint density at radius 1 is 0.656 bits per heavy atom. The lowest BCUT2D eigenvalue weighted by molar-refractivity contribution is 0.0610. The third kappa shape index (κ3) is 10.9. The molecule has 1 N–H and O–H groups in total. The zero-order chi connectivity index (χ0) is 23.2. The monoisotopic (exact) mass is 449 g/mol. The molecule has 1 atom stereocenters. The number of rotatable bonds is 16. The summed E-state index contributed by atoms with van der Waals surface area (Å²) < 4.78 is 0. The Morgan fingerprint density at radius 3 is 1.47 bits per heavy atom. The second-order valence-electron chi connectivity index (χ2n) is 11.8. The SMILES string of the molecule is CCCCCCCCCCCCC(NC(C)C)C(C1CCN(C)CC1)C1CCN(C)CC1. The fourth-order valence-electron chi connectivity index (χ4n) is 6.54. The van der Waals surface area contributed by atoms with Gasteiger partial charge in [-0.05, 0) is 90.1 Å². The van der Waals surface area contributed by atoms with Gasteiger partial charge in [0.05, 0.1) is 0 Å². The summed E-state index contributed by atoms with van der Waals surface area (Å²) in [5.74, 6) is 2.75. The molecule has 2 aliphatic heterocycles. The number of nitrogens with one attached hydrogen (secondary N) is 1. The fourth-order valence-corrected chi connectivity index (χ4v) is 6.54. The van der Waals surface area contributed by atoms with Crippen molar-refractivity contribution >= 4 is 0 Å². The zero-order valence-corrected chi connectivity index (χ0v) is 22.7. The molecule has 2 saturated heterocycles. The number of hydrogen-bond donors (Lipinski definition) is 1. The predicted octanol–water partition coefficient (Wildman–Crippen LogP) is 6.96. The lowest BCUT2D eigenvalue weighted by Gasteiger charge is -2.45. The molecule has 0 amide bonds. The van der Waals surface area contributed by atoms with Crippen LogP contribution in [-0.2, 0) is 0 Å². The number of likely N-dealkylation sites (tertiary alicyclic amines) is 2. The van der Waals surface area contributed by atoms with Gasteiger partial charge in [-0.1, -0.05) is 85.0 Å². The van der Waals surface area contributed by atoms with Gasteiger partial charge in [0.2, 0.25) is 0 Å². The fraction of sp³-hybridized carbons (Fsp3) is 1.00. The van der Waals surface area contributed by atoms with E-state index in [4.69, 9.17) is 0 Å². The topological polar surface area (TPSA) is 18.5 Å². The van der Waals surface area contributed by atoms with Crippen molar-refractivity contribution in [2.75, 3.05) is 40.3 Å². The van der Waals surface area contributed by atoms with Crippen molar-refractivity contribution in [1.82, 2.24) is 15.1 Å². The van der Waals surface area contributed by atoms with E-state index >= 15 is 0 Å². The molecule has 0 aromatic carbocycles. The second kappa shape index (κ2) is 16.5. The molecule has 0 aromatic rings. The van der Waals surface area contributed by atoms with Gasteiger partial charge in [0, 0.05) is 12.1 Å². The number of unbranched alkanes of at least 4 members (excludes halogenated alkanes) is 9. The summed E-state index contributed by atoms with van der Waals surface area (Å²) in [5.41, 5.74) is 0. The normalized spacial score (nSPS) is 21.1. The Morgan fingerprint density at radius 2 is 1.06 bits per heavy atom. The van der Waals surface area contributed by atoms with E-state index in [1.165, 1.54) is 122 Å². The third-order valence-corrected chi connectivity index (χ3v) is 8.50. The molecule has 2 fully saturated rings. The minimum atomic E-state index is 0.600.